The zero-order valence-electron chi connectivity index (χ0n) is 18.9. The van der Waals surface area contributed by atoms with Crippen LogP contribution in [0.4, 0.5) is 5.69 Å². The van der Waals surface area contributed by atoms with Gasteiger partial charge in [0, 0.05) is 63.2 Å². The molecule has 2 aliphatic rings. The van der Waals surface area contributed by atoms with E-state index in [4.69, 9.17) is 11.6 Å². The zero-order chi connectivity index (χ0) is 23.4. The molecule has 2 fully saturated rings. The maximum Gasteiger partial charge on any atom is 0.263 e. The van der Waals surface area contributed by atoms with Crippen molar-refractivity contribution in [3.8, 4) is 0 Å². The summed E-state index contributed by atoms with van der Waals surface area (Å²) in [6.45, 7) is 5.01. The number of halogens is 1. The molecule has 1 aromatic carbocycles. The Hall–Kier alpha value is -2.14. The molecule has 0 unspecified atom stereocenters. The number of aryl methyl sites for hydroxylation is 1. The molecule has 0 atom stereocenters. The highest BCUT2D eigenvalue weighted by atomic mass is 35.5. The Kier molecular flexibility index (Phi) is 7.58. The molecule has 1 N–H and O–H groups in total. The van der Waals surface area contributed by atoms with Crippen LogP contribution in [0.2, 0.25) is 5.02 Å². The van der Waals surface area contributed by atoms with Crippen LogP contribution in [0.15, 0.2) is 35.5 Å². The summed E-state index contributed by atoms with van der Waals surface area (Å²) in [4.78, 5) is 17.3. The first kappa shape index (κ1) is 24.0. The molecule has 1 amide bonds. The number of carbonyl (C=O) groups is 1. The second-order valence-electron chi connectivity index (χ2n) is 8.55. The summed E-state index contributed by atoms with van der Waals surface area (Å²) in [7, 11) is -2.27. The minimum Gasteiger partial charge on any atom is -0.369 e. The van der Waals surface area contributed by atoms with Crippen LogP contribution in [0.25, 0.3) is 0 Å². The fourth-order valence-electron chi connectivity index (χ4n) is 4.40. The fraction of sp³-hybridized carbons (Fsp3) is 0.545. The summed E-state index contributed by atoms with van der Waals surface area (Å²) in [6, 6.07) is 7.52. The average molecular weight is 495 g/mol. The Bertz CT molecular complexity index is 1080. The van der Waals surface area contributed by atoms with E-state index >= 15 is 0 Å². The Morgan fingerprint density at radius 1 is 1.09 bits per heavy atom. The predicted octanol–water partition coefficient (Wildman–Crippen LogP) is 1.80. The molecule has 2 saturated heterocycles. The Labute approximate surface area is 200 Å². The van der Waals surface area contributed by atoms with Gasteiger partial charge in [-0.25, -0.2) is 8.42 Å². The summed E-state index contributed by atoms with van der Waals surface area (Å²) in [5.74, 6) is -0.406. The number of aromatic nitrogens is 2. The summed E-state index contributed by atoms with van der Waals surface area (Å²) in [6.07, 6.45) is 5.10. The molecule has 180 valence electrons. The number of sulfonamides is 1. The van der Waals surface area contributed by atoms with Crippen molar-refractivity contribution in [2.45, 2.75) is 24.3 Å². The Morgan fingerprint density at radius 3 is 2.52 bits per heavy atom. The van der Waals surface area contributed by atoms with Crippen LogP contribution in [0.5, 0.6) is 0 Å². The van der Waals surface area contributed by atoms with E-state index in [2.05, 4.69) is 20.2 Å². The first-order valence-electron chi connectivity index (χ1n) is 11.4. The molecule has 4 rings (SSSR count). The van der Waals surface area contributed by atoms with Gasteiger partial charge in [0.15, 0.2) is 0 Å². The first-order valence-corrected chi connectivity index (χ1v) is 13.2. The summed E-state index contributed by atoms with van der Waals surface area (Å²) in [5, 5.41) is 7.48. The molecule has 0 aliphatic carbocycles. The topological polar surface area (TPSA) is 90.8 Å². The lowest BCUT2D eigenvalue weighted by atomic mass is 10.1. The second kappa shape index (κ2) is 10.4. The maximum atomic E-state index is 13.4. The third kappa shape index (κ3) is 5.68. The molecule has 9 nitrogen and oxygen atoms in total. The highest BCUT2D eigenvalue weighted by Gasteiger charge is 2.34. The molecular formula is C22H31ClN6O3S. The number of benzene rings is 1. The Balaban J connectivity index is 1.40. The highest BCUT2D eigenvalue weighted by molar-refractivity contribution is 7.89. The molecule has 0 spiro atoms. The second-order valence-corrected chi connectivity index (χ2v) is 10.8. The van der Waals surface area contributed by atoms with E-state index in [-0.39, 0.29) is 10.6 Å². The van der Waals surface area contributed by atoms with E-state index in [1.165, 1.54) is 34.4 Å². The quantitative estimate of drug-likeness (QED) is 0.631. The minimum atomic E-state index is -3.90. The van der Waals surface area contributed by atoms with Crippen molar-refractivity contribution in [3.05, 3.63) is 41.0 Å². The van der Waals surface area contributed by atoms with Crippen LogP contribution in [0, 0.1) is 0 Å². The van der Waals surface area contributed by atoms with Crippen molar-refractivity contribution in [3.63, 3.8) is 0 Å². The number of piperazine rings is 1. The first-order chi connectivity index (χ1) is 15.8. The standard InChI is InChI=1S/C22H31ClN6O3S/c1-26-17-20(21(30)24-8-11-27-9-3-2-4-10-27)22(25-26)33(31,32)29-14-12-28(13-15-29)19-7-5-6-18(23)16-19/h5-7,16-17H,2-4,8-15H2,1H3,(H,24,30). The van der Waals surface area contributed by atoms with Gasteiger partial charge in [0.2, 0.25) is 5.03 Å². The smallest absolute Gasteiger partial charge is 0.263 e. The van der Waals surface area contributed by atoms with Crippen molar-refractivity contribution < 1.29 is 13.2 Å². The van der Waals surface area contributed by atoms with Gasteiger partial charge in [0.05, 0.1) is 5.56 Å². The van der Waals surface area contributed by atoms with Crippen LogP contribution >= 0.6 is 11.6 Å². The summed E-state index contributed by atoms with van der Waals surface area (Å²) >= 11 is 6.09. The van der Waals surface area contributed by atoms with Crippen molar-refractivity contribution in [1.82, 2.24) is 24.3 Å². The third-order valence-electron chi connectivity index (χ3n) is 6.20. The number of hydrogen-bond acceptors (Lipinski definition) is 6. The van der Waals surface area contributed by atoms with E-state index in [9.17, 15) is 13.2 Å². The van der Waals surface area contributed by atoms with Gasteiger partial charge in [-0.2, -0.15) is 9.40 Å². The number of hydrogen-bond donors (Lipinski definition) is 1. The normalized spacial score (nSPS) is 18.4. The van der Waals surface area contributed by atoms with Crippen LogP contribution in [0.3, 0.4) is 0 Å². The predicted molar refractivity (Wildman–Crippen MR) is 128 cm³/mol. The number of piperidine rings is 1. The van der Waals surface area contributed by atoms with Crippen LogP contribution in [0.1, 0.15) is 29.6 Å². The number of rotatable bonds is 7. The number of amides is 1. The van der Waals surface area contributed by atoms with E-state index in [0.717, 1.165) is 25.3 Å². The van der Waals surface area contributed by atoms with E-state index in [1.807, 2.05) is 24.3 Å². The molecule has 11 heteroatoms. The van der Waals surface area contributed by atoms with Gasteiger partial charge in [-0.05, 0) is 44.1 Å². The molecule has 2 aliphatic heterocycles. The van der Waals surface area contributed by atoms with Crippen molar-refractivity contribution in [2.75, 3.05) is 57.3 Å². The van der Waals surface area contributed by atoms with Gasteiger partial charge in [-0.15, -0.1) is 0 Å². The third-order valence-corrected chi connectivity index (χ3v) is 8.27. The Morgan fingerprint density at radius 2 is 1.82 bits per heavy atom. The lowest BCUT2D eigenvalue weighted by Gasteiger charge is -2.35. The molecule has 0 saturated carbocycles. The van der Waals surface area contributed by atoms with Gasteiger partial charge < -0.3 is 15.1 Å². The van der Waals surface area contributed by atoms with Crippen molar-refractivity contribution >= 4 is 33.2 Å². The molecule has 33 heavy (non-hydrogen) atoms. The number of carbonyl (C=O) groups excluding carboxylic acids is 1. The van der Waals surface area contributed by atoms with E-state index < -0.39 is 15.9 Å². The van der Waals surface area contributed by atoms with Crippen molar-refractivity contribution in [2.24, 2.45) is 7.05 Å². The maximum absolute atomic E-state index is 13.4. The average Bonchev–Trinajstić information content (AvgIpc) is 3.22. The zero-order valence-corrected chi connectivity index (χ0v) is 20.5. The number of anilines is 1. The summed E-state index contributed by atoms with van der Waals surface area (Å²) < 4.78 is 29.5. The molecule has 3 heterocycles. The van der Waals surface area contributed by atoms with Crippen LogP contribution < -0.4 is 10.2 Å². The fourth-order valence-corrected chi connectivity index (χ4v) is 6.13. The highest BCUT2D eigenvalue weighted by Crippen LogP contribution is 2.24. The van der Waals surface area contributed by atoms with Crippen molar-refractivity contribution in [1.29, 1.82) is 0 Å². The number of likely N-dealkylation sites (tertiary alicyclic amines) is 1. The minimum absolute atomic E-state index is 0.0911. The largest absolute Gasteiger partial charge is 0.369 e. The number of nitrogens with one attached hydrogen (secondary N) is 1. The number of nitrogens with zero attached hydrogens (tertiary/aromatic N) is 5. The molecule has 0 radical (unpaired) electrons. The lowest BCUT2D eigenvalue weighted by Crippen LogP contribution is -2.49. The molecule has 2 aromatic rings. The lowest BCUT2D eigenvalue weighted by molar-refractivity contribution is 0.0943. The van der Waals surface area contributed by atoms with Gasteiger partial charge in [0.25, 0.3) is 15.9 Å². The van der Waals surface area contributed by atoms with E-state index in [1.54, 1.807) is 7.05 Å². The van der Waals surface area contributed by atoms with E-state index in [0.29, 0.717) is 37.7 Å². The SMILES string of the molecule is Cn1cc(C(=O)NCCN2CCCCC2)c(S(=O)(=O)N2CCN(c3cccc(Cl)c3)CC2)n1. The van der Waals surface area contributed by atoms with Crippen LogP contribution in [-0.4, -0.2) is 85.7 Å². The molecule has 0 bridgehead atoms. The van der Waals surface area contributed by atoms with Gasteiger partial charge >= 0.3 is 0 Å². The van der Waals surface area contributed by atoms with Gasteiger partial charge in [0.1, 0.15) is 0 Å². The molecular weight excluding hydrogens is 464 g/mol. The summed E-state index contributed by atoms with van der Waals surface area (Å²) in [5.41, 5.74) is 1.06. The van der Waals surface area contributed by atoms with Crippen LogP contribution in [-0.2, 0) is 17.1 Å². The monoisotopic (exact) mass is 494 g/mol. The van der Waals surface area contributed by atoms with Gasteiger partial charge in [-0.1, -0.05) is 24.1 Å². The van der Waals surface area contributed by atoms with Gasteiger partial charge in [-0.3, -0.25) is 9.48 Å². The molecule has 1 aromatic heterocycles.